The Hall–Kier alpha value is -6.84. The number of aromatic amines is 1. The lowest BCUT2D eigenvalue weighted by Gasteiger charge is -2.22. The van der Waals surface area contributed by atoms with Crippen molar-refractivity contribution in [2.75, 3.05) is 54.6 Å². The van der Waals surface area contributed by atoms with E-state index in [0.717, 1.165) is 72.1 Å². The van der Waals surface area contributed by atoms with E-state index in [1.54, 1.807) is 25.3 Å². The number of nitrogens with zero attached hydrogens (tertiary/aromatic N) is 5. The largest absolute Gasteiger partial charge is 0.505 e. The smallest absolute Gasteiger partial charge is 0.259 e. The molecule has 0 aliphatic heterocycles. The van der Waals surface area contributed by atoms with Crippen LogP contribution in [0.5, 0.6) is 11.5 Å². The van der Waals surface area contributed by atoms with Gasteiger partial charge in [-0.3, -0.25) is 4.79 Å². The number of phenols is 1. The molecule has 0 radical (unpaired) electrons. The first-order valence-electron chi connectivity index (χ1n) is 24.0. The summed E-state index contributed by atoms with van der Waals surface area (Å²) in [5.74, 6) is 1.34. The summed E-state index contributed by atoms with van der Waals surface area (Å²) >= 11 is 0. The molecule has 15 nitrogen and oxygen atoms in total. The van der Waals surface area contributed by atoms with Gasteiger partial charge in [0.15, 0.2) is 5.75 Å². The maximum atomic E-state index is 13.9. The highest BCUT2D eigenvalue weighted by molar-refractivity contribution is 6.22. The van der Waals surface area contributed by atoms with Gasteiger partial charge < -0.3 is 46.7 Å². The standard InChI is InChI=1S/C52H62N12O3/c1-33-31-39(67-2)24-26-43(33)59-49(66)42-32-34-19-25-41-40-17-9-10-18-44(40)58-46(41)45(34)47(48(42)65)64-63-38-22-20-37(21-23-38)57-52-61-50(55-29-11-27-53-35-13-5-3-6-14-35)60-51(62-52)56-30-12-28-54-36-15-7-4-8-16-36/h9-10,17-26,31-32,35-36,53-54,58,65H,3-8,11-16,27-30H2,1-2H3,(H,59,66)(H3,55,56,57,60,61,62). The molecule has 67 heavy (non-hydrogen) atoms. The molecule has 5 aromatic carbocycles. The van der Waals surface area contributed by atoms with Crippen LogP contribution in [0.2, 0.25) is 0 Å². The number of carbonyl (C=O) groups is 1. The molecule has 15 heteroatoms. The number of ether oxygens (including phenoxy) is 1. The van der Waals surface area contributed by atoms with Crippen LogP contribution in [0, 0.1) is 6.92 Å². The van der Waals surface area contributed by atoms with E-state index in [1.807, 2.05) is 67.6 Å². The normalized spacial score (nSPS) is 14.8. The summed E-state index contributed by atoms with van der Waals surface area (Å²) in [7, 11) is 1.60. The Morgan fingerprint density at radius 1 is 0.731 bits per heavy atom. The van der Waals surface area contributed by atoms with Crippen molar-refractivity contribution < 1.29 is 14.6 Å². The molecule has 348 valence electrons. The summed E-state index contributed by atoms with van der Waals surface area (Å²) < 4.78 is 5.35. The third-order valence-electron chi connectivity index (χ3n) is 13.0. The number of azo groups is 1. The summed E-state index contributed by atoms with van der Waals surface area (Å²) in [6.45, 7) is 5.26. The van der Waals surface area contributed by atoms with Crippen molar-refractivity contribution in [1.29, 1.82) is 0 Å². The van der Waals surface area contributed by atoms with E-state index < -0.39 is 5.91 Å². The van der Waals surface area contributed by atoms with Crippen LogP contribution in [0.25, 0.3) is 32.6 Å². The molecule has 2 aromatic heterocycles. The highest BCUT2D eigenvalue weighted by atomic mass is 16.5. The predicted octanol–water partition coefficient (Wildman–Crippen LogP) is 11.5. The monoisotopic (exact) mass is 903 g/mol. The van der Waals surface area contributed by atoms with E-state index >= 15 is 0 Å². The number of rotatable bonds is 19. The van der Waals surface area contributed by atoms with E-state index in [2.05, 4.69) is 53.2 Å². The summed E-state index contributed by atoms with van der Waals surface area (Å²) in [6, 6.07) is 27.7. The van der Waals surface area contributed by atoms with Crippen LogP contribution in [-0.2, 0) is 0 Å². The van der Waals surface area contributed by atoms with Crippen LogP contribution in [0.3, 0.4) is 0 Å². The number of fused-ring (bicyclic) bond motifs is 5. The van der Waals surface area contributed by atoms with E-state index in [9.17, 15) is 9.90 Å². The fraction of sp³-hybridized carbons (Fsp3) is 0.385. The SMILES string of the molecule is COc1ccc(NC(=O)c2cc3ccc4c5ccccc5[nH]c4c3c(N=Nc3ccc(Nc4nc(NCCCNC5CCCCC5)nc(NCCCNC5CCCCC5)n4)cc3)c2O)c(C)c1. The molecule has 0 unspecified atom stereocenters. The summed E-state index contributed by atoms with van der Waals surface area (Å²) in [5, 5.41) is 45.2. The Kier molecular flexibility index (Phi) is 14.6. The van der Waals surface area contributed by atoms with Gasteiger partial charge in [0, 0.05) is 58.2 Å². The van der Waals surface area contributed by atoms with Gasteiger partial charge in [-0.05, 0) is 124 Å². The fourth-order valence-corrected chi connectivity index (χ4v) is 9.38. The Balaban J connectivity index is 0.935. The van der Waals surface area contributed by atoms with Gasteiger partial charge >= 0.3 is 0 Å². The van der Waals surface area contributed by atoms with Crippen LogP contribution < -0.4 is 36.6 Å². The second-order valence-electron chi connectivity index (χ2n) is 17.8. The van der Waals surface area contributed by atoms with Crippen LogP contribution in [0.15, 0.2) is 95.2 Å². The lowest BCUT2D eigenvalue weighted by molar-refractivity contribution is 0.102. The van der Waals surface area contributed by atoms with Crippen LogP contribution in [0.1, 0.15) is 93.0 Å². The molecule has 0 saturated heterocycles. The summed E-state index contributed by atoms with van der Waals surface area (Å²) in [4.78, 5) is 31.6. The molecule has 0 atom stereocenters. The van der Waals surface area contributed by atoms with Gasteiger partial charge in [-0.25, -0.2) is 0 Å². The Labute approximate surface area is 391 Å². The van der Waals surface area contributed by atoms with Crippen LogP contribution in [-0.4, -0.2) is 76.3 Å². The number of anilines is 5. The second kappa shape index (κ2) is 21.6. The molecule has 2 aliphatic carbocycles. The van der Waals surface area contributed by atoms with E-state index in [-0.39, 0.29) is 17.0 Å². The lowest BCUT2D eigenvalue weighted by Crippen LogP contribution is -2.32. The highest BCUT2D eigenvalue weighted by Crippen LogP contribution is 2.44. The number of amides is 1. The van der Waals surface area contributed by atoms with Gasteiger partial charge in [-0.1, -0.05) is 68.9 Å². The predicted molar refractivity (Wildman–Crippen MR) is 270 cm³/mol. The number of phenolic OH excluding ortho intramolecular Hbond substituents is 1. The fourth-order valence-electron chi connectivity index (χ4n) is 9.38. The maximum absolute atomic E-state index is 13.9. The topological polar surface area (TPSA) is 198 Å². The molecular weight excluding hydrogens is 841 g/mol. The Morgan fingerprint density at radius 3 is 2.04 bits per heavy atom. The maximum Gasteiger partial charge on any atom is 0.259 e. The number of hydrogen-bond acceptors (Lipinski definition) is 13. The number of para-hydroxylation sites is 1. The Morgan fingerprint density at radius 2 is 1.39 bits per heavy atom. The third-order valence-corrected chi connectivity index (χ3v) is 13.0. The average molecular weight is 903 g/mol. The Bertz CT molecular complexity index is 2790. The van der Waals surface area contributed by atoms with Crippen LogP contribution >= 0.6 is 0 Å². The zero-order valence-electron chi connectivity index (χ0n) is 38.6. The number of aromatic hydroxyl groups is 1. The minimum atomic E-state index is -0.482. The van der Waals surface area contributed by atoms with Gasteiger partial charge in [-0.2, -0.15) is 20.1 Å². The molecular formula is C52H62N12O3. The van der Waals surface area contributed by atoms with Crippen molar-refractivity contribution in [3.8, 4) is 11.5 Å². The molecule has 2 aliphatic rings. The number of hydrogen-bond donors (Lipinski definition) is 8. The molecule has 2 heterocycles. The van der Waals surface area contributed by atoms with Crippen LogP contribution in [0.4, 0.5) is 40.6 Å². The zero-order valence-corrected chi connectivity index (χ0v) is 38.6. The molecule has 0 bridgehead atoms. The van der Waals surface area contributed by atoms with Crippen molar-refractivity contribution >= 4 is 79.1 Å². The van der Waals surface area contributed by atoms with Gasteiger partial charge in [0.2, 0.25) is 17.8 Å². The minimum absolute atomic E-state index is 0.0685. The second-order valence-corrected chi connectivity index (χ2v) is 17.8. The number of H-pyrrole nitrogens is 1. The van der Waals surface area contributed by atoms with Crippen molar-refractivity contribution in [2.24, 2.45) is 10.2 Å². The molecule has 2 fully saturated rings. The first-order chi connectivity index (χ1) is 32.9. The van der Waals surface area contributed by atoms with E-state index in [1.165, 1.54) is 64.2 Å². The van der Waals surface area contributed by atoms with Gasteiger partial charge in [0.05, 0.1) is 23.9 Å². The summed E-state index contributed by atoms with van der Waals surface area (Å²) in [6.07, 6.45) is 14.9. The number of aromatic nitrogens is 4. The highest BCUT2D eigenvalue weighted by Gasteiger charge is 2.22. The molecule has 7 aromatic rings. The van der Waals surface area contributed by atoms with Gasteiger partial charge in [0.25, 0.3) is 5.91 Å². The average Bonchev–Trinajstić information content (AvgIpc) is 3.74. The van der Waals surface area contributed by atoms with E-state index in [0.29, 0.717) is 57.8 Å². The van der Waals surface area contributed by atoms with Gasteiger partial charge in [0.1, 0.15) is 11.4 Å². The molecule has 8 N–H and O–H groups in total. The molecule has 9 rings (SSSR count). The minimum Gasteiger partial charge on any atom is -0.505 e. The van der Waals surface area contributed by atoms with E-state index in [4.69, 9.17) is 19.7 Å². The van der Waals surface area contributed by atoms with Crippen molar-refractivity contribution in [2.45, 2.75) is 96.1 Å². The zero-order chi connectivity index (χ0) is 46.0. The molecule has 1 amide bonds. The third kappa shape index (κ3) is 11.2. The first-order valence-corrected chi connectivity index (χ1v) is 24.0. The van der Waals surface area contributed by atoms with Crippen molar-refractivity contribution in [1.82, 2.24) is 30.6 Å². The number of carbonyl (C=O) groups excluding carboxylic acids is 1. The number of benzene rings is 5. The van der Waals surface area contributed by atoms with Crippen molar-refractivity contribution in [3.63, 3.8) is 0 Å². The molecule has 2 saturated carbocycles. The number of nitrogens with one attached hydrogen (secondary N) is 7. The quantitative estimate of drug-likeness (QED) is 0.0284. The van der Waals surface area contributed by atoms with Crippen molar-refractivity contribution in [3.05, 3.63) is 96.1 Å². The molecule has 0 spiro atoms. The lowest BCUT2D eigenvalue weighted by atomic mass is 9.95. The number of methoxy groups -OCH3 is 1. The number of aryl methyl sites for hydroxylation is 1. The first kappa shape index (κ1) is 45.3. The van der Waals surface area contributed by atoms with Gasteiger partial charge in [-0.15, -0.1) is 5.11 Å². The summed E-state index contributed by atoms with van der Waals surface area (Å²) in [5.41, 5.74) is 4.67.